The van der Waals surface area contributed by atoms with Gasteiger partial charge in [-0.3, -0.25) is 9.59 Å². The number of hydrogen-bond donors (Lipinski definition) is 2. The number of aryl methyl sites for hydroxylation is 2. The number of H-pyrrole nitrogens is 1. The van der Waals surface area contributed by atoms with Gasteiger partial charge in [-0.05, 0) is 57.6 Å². The van der Waals surface area contributed by atoms with Crippen LogP contribution in [0.25, 0.3) is 10.2 Å². The van der Waals surface area contributed by atoms with Crippen molar-refractivity contribution in [3.8, 4) is 0 Å². The summed E-state index contributed by atoms with van der Waals surface area (Å²) in [6, 6.07) is 0. The van der Waals surface area contributed by atoms with E-state index in [1.54, 1.807) is 0 Å². The summed E-state index contributed by atoms with van der Waals surface area (Å²) in [5.74, 6) is 0.400. The van der Waals surface area contributed by atoms with Gasteiger partial charge in [-0.1, -0.05) is 18.2 Å². The molecule has 1 aliphatic carbocycles. The molecular formula is C20H24N4O2S. The van der Waals surface area contributed by atoms with Crippen LogP contribution < -0.4 is 11.0 Å². The maximum atomic E-state index is 12.3. The molecule has 2 N–H and O–H groups in total. The largest absolute Gasteiger partial charge is 0.309 e. The number of rotatable bonds is 4. The molecular weight excluding hydrogens is 360 g/mol. The van der Waals surface area contributed by atoms with E-state index in [0.29, 0.717) is 22.0 Å². The van der Waals surface area contributed by atoms with E-state index in [1.807, 2.05) is 27.7 Å². The Morgan fingerprint density at radius 3 is 2.89 bits per heavy atom. The highest BCUT2D eigenvalue weighted by Gasteiger charge is 2.19. The third-order valence-electron chi connectivity index (χ3n) is 5.03. The van der Waals surface area contributed by atoms with Crippen LogP contribution in [0.1, 0.15) is 43.0 Å². The van der Waals surface area contributed by atoms with Crippen LogP contribution in [-0.4, -0.2) is 21.6 Å². The van der Waals surface area contributed by atoms with Crippen molar-refractivity contribution < 1.29 is 4.79 Å². The highest BCUT2D eigenvalue weighted by atomic mass is 32.1. The standard InChI is InChI=1S/C20H24N4O2S/c1-10(2)14-7-6-11(3)15(8-14)23-24-17(25)9-16-21-19(26)18-12(4)13(5)27-20(18)22-16/h6,14H,1,7-9H2,2-5H3,(H,24,25)(H,21,22,26)/b23-15-/t14-/m1/s1. The van der Waals surface area contributed by atoms with Crippen molar-refractivity contribution in [1.29, 1.82) is 0 Å². The lowest BCUT2D eigenvalue weighted by molar-refractivity contribution is -0.120. The Hall–Kier alpha value is -2.54. The number of fused-ring (bicyclic) bond motifs is 1. The molecule has 0 radical (unpaired) electrons. The van der Waals surface area contributed by atoms with Crippen molar-refractivity contribution in [2.24, 2.45) is 11.0 Å². The number of allylic oxidation sites excluding steroid dienone is 3. The molecule has 0 unspecified atom stereocenters. The molecule has 7 heteroatoms. The molecule has 3 rings (SSSR count). The summed E-state index contributed by atoms with van der Waals surface area (Å²) in [5.41, 5.74) is 6.39. The zero-order valence-corrected chi connectivity index (χ0v) is 16.9. The summed E-state index contributed by atoms with van der Waals surface area (Å²) in [4.78, 5) is 33.5. The maximum Gasteiger partial charge on any atom is 0.259 e. The number of nitrogens with one attached hydrogen (secondary N) is 2. The first-order valence-corrected chi connectivity index (χ1v) is 9.74. The molecule has 0 aliphatic heterocycles. The summed E-state index contributed by atoms with van der Waals surface area (Å²) in [7, 11) is 0. The molecule has 2 aromatic rings. The Morgan fingerprint density at radius 2 is 2.19 bits per heavy atom. The molecule has 27 heavy (non-hydrogen) atoms. The monoisotopic (exact) mass is 384 g/mol. The first-order chi connectivity index (χ1) is 12.8. The molecule has 0 saturated heterocycles. The summed E-state index contributed by atoms with van der Waals surface area (Å²) < 4.78 is 0. The number of amides is 1. The Kier molecular flexibility index (Phi) is 5.41. The van der Waals surface area contributed by atoms with Gasteiger partial charge in [-0.15, -0.1) is 11.3 Å². The highest BCUT2D eigenvalue weighted by Crippen LogP contribution is 2.27. The molecule has 6 nitrogen and oxygen atoms in total. The van der Waals surface area contributed by atoms with Crippen LogP contribution in [0.3, 0.4) is 0 Å². The number of aromatic nitrogens is 2. The van der Waals surface area contributed by atoms with Crippen molar-refractivity contribution in [3.63, 3.8) is 0 Å². The topological polar surface area (TPSA) is 87.2 Å². The van der Waals surface area contributed by atoms with E-state index in [2.05, 4.69) is 33.2 Å². The number of thiophene rings is 1. The smallest absolute Gasteiger partial charge is 0.259 e. The molecule has 0 spiro atoms. The van der Waals surface area contributed by atoms with E-state index >= 15 is 0 Å². The van der Waals surface area contributed by atoms with Gasteiger partial charge in [0.1, 0.15) is 10.7 Å². The van der Waals surface area contributed by atoms with Gasteiger partial charge >= 0.3 is 0 Å². The SMILES string of the molecule is C=C(C)[C@@H]1CC=C(C)/C(=N\NC(=O)Cc2nc3sc(C)c(C)c3c(=O)[nH]2)C1. The average Bonchev–Trinajstić information content (AvgIpc) is 2.88. The number of aromatic amines is 1. The number of hydrazone groups is 1. The van der Waals surface area contributed by atoms with Crippen LogP contribution in [0.5, 0.6) is 0 Å². The van der Waals surface area contributed by atoms with Gasteiger partial charge in [-0.2, -0.15) is 5.10 Å². The Labute approximate surface area is 162 Å². The van der Waals surface area contributed by atoms with Crippen LogP contribution in [0.2, 0.25) is 0 Å². The quantitative estimate of drug-likeness (QED) is 0.624. The maximum absolute atomic E-state index is 12.3. The Bertz CT molecular complexity index is 1040. The van der Waals surface area contributed by atoms with Gasteiger partial charge in [0.05, 0.1) is 17.5 Å². The van der Waals surface area contributed by atoms with Gasteiger partial charge in [0.15, 0.2) is 0 Å². The van der Waals surface area contributed by atoms with Crippen molar-refractivity contribution in [2.45, 2.75) is 47.0 Å². The third-order valence-corrected chi connectivity index (χ3v) is 6.13. The number of hydrogen-bond acceptors (Lipinski definition) is 5. The lowest BCUT2D eigenvalue weighted by Gasteiger charge is -2.22. The van der Waals surface area contributed by atoms with E-state index in [0.717, 1.165) is 40.1 Å². The van der Waals surface area contributed by atoms with E-state index in [4.69, 9.17) is 0 Å². The van der Waals surface area contributed by atoms with E-state index in [9.17, 15) is 9.59 Å². The molecule has 142 valence electrons. The fourth-order valence-electron chi connectivity index (χ4n) is 3.13. The second-order valence-corrected chi connectivity index (χ2v) is 8.32. The van der Waals surface area contributed by atoms with Crippen LogP contribution in [-0.2, 0) is 11.2 Å². The van der Waals surface area contributed by atoms with Crippen LogP contribution in [0.15, 0.2) is 33.7 Å². The summed E-state index contributed by atoms with van der Waals surface area (Å²) in [6.07, 6.45) is 3.83. The molecule has 1 aliphatic rings. The van der Waals surface area contributed by atoms with Gasteiger partial charge in [0.25, 0.3) is 5.56 Å². The molecule has 2 aromatic heterocycles. The first-order valence-electron chi connectivity index (χ1n) is 8.93. The molecule has 1 amide bonds. The normalized spacial score (nSPS) is 18.6. The van der Waals surface area contributed by atoms with Crippen molar-refractivity contribution in [3.05, 3.63) is 50.4 Å². The molecule has 0 fully saturated rings. The summed E-state index contributed by atoms with van der Waals surface area (Å²) >= 11 is 1.47. The predicted octanol–water partition coefficient (Wildman–Crippen LogP) is 3.55. The summed E-state index contributed by atoms with van der Waals surface area (Å²) in [6.45, 7) is 11.9. The Morgan fingerprint density at radius 1 is 1.44 bits per heavy atom. The van der Waals surface area contributed by atoms with Crippen molar-refractivity contribution in [2.75, 3.05) is 0 Å². The molecule has 1 atom stereocenters. The lowest BCUT2D eigenvalue weighted by atomic mass is 9.85. The summed E-state index contributed by atoms with van der Waals surface area (Å²) in [5, 5.41) is 4.89. The van der Waals surface area contributed by atoms with Gasteiger partial charge in [0, 0.05) is 4.88 Å². The van der Waals surface area contributed by atoms with Gasteiger partial charge < -0.3 is 4.98 Å². The fraction of sp³-hybridized carbons (Fsp3) is 0.400. The van der Waals surface area contributed by atoms with E-state index < -0.39 is 0 Å². The zero-order chi connectivity index (χ0) is 19.7. The van der Waals surface area contributed by atoms with Crippen molar-refractivity contribution >= 4 is 33.2 Å². The average molecular weight is 385 g/mol. The second kappa shape index (κ2) is 7.60. The number of carbonyl (C=O) groups excluding carboxylic acids is 1. The fourth-order valence-corrected chi connectivity index (χ4v) is 4.18. The Balaban J connectivity index is 1.73. The van der Waals surface area contributed by atoms with Crippen LogP contribution in [0, 0.1) is 19.8 Å². The number of nitrogens with zero attached hydrogens (tertiary/aromatic N) is 2. The molecule has 0 aromatic carbocycles. The molecule has 0 saturated carbocycles. The van der Waals surface area contributed by atoms with Crippen LogP contribution in [0.4, 0.5) is 0 Å². The third kappa shape index (κ3) is 4.08. The second-order valence-electron chi connectivity index (χ2n) is 7.12. The minimum Gasteiger partial charge on any atom is -0.309 e. The number of carbonyl (C=O) groups is 1. The van der Waals surface area contributed by atoms with Gasteiger partial charge in [0.2, 0.25) is 5.91 Å². The van der Waals surface area contributed by atoms with Gasteiger partial charge in [-0.25, -0.2) is 10.4 Å². The van der Waals surface area contributed by atoms with E-state index in [-0.39, 0.29) is 17.9 Å². The van der Waals surface area contributed by atoms with Crippen LogP contribution >= 0.6 is 11.3 Å². The zero-order valence-electron chi connectivity index (χ0n) is 16.1. The lowest BCUT2D eigenvalue weighted by Crippen LogP contribution is -2.26. The minimum atomic E-state index is -0.305. The predicted molar refractivity (Wildman–Crippen MR) is 110 cm³/mol. The molecule has 0 bridgehead atoms. The minimum absolute atomic E-state index is 0.0232. The first kappa shape index (κ1) is 19.2. The van der Waals surface area contributed by atoms with E-state index in [1.165, 1.54) is 11.3 Å². The van der Waals surface area contributed by atoms with Crippen molar-refractivity contribution in [1.82, 2.24) is 15.4 Å². The molecule has 2 heterocycles. The highest BCUT2D eigenvalue weighted by molar-refractivity contribution is 7.18.